The molecule has 6 nitrogen and oxygen atoms in total. The smallest absolute Gasteiger partial charge is 0.307 e. The molecule has 0 spiro atoms. The fraction of sp³-hybridized carbons (Fsp3) is 0.238. The number of hydrogen-bond acceptors (Lipinski definition) is 5. The predicted molar refractivity (Wildman–Crippen MR) is 111 cm³/mol. The van der Waals surface area contributed by atoms with Gasteiger partial charge >= 0.3 is 4.87 Å². The monoisotopic (exact) mass is 398 g/mol. The zero-order valence-electron chi connectivity index (χ0n) is 15.8. The van der Waals surface area contributed by atoms with Crippen LogP contribution in [0, 0.1) is 6.92 Å². The molecule has 3 aromatic rings. The normalized spacial score (nSPS) is 10.5. The maximum Gasteiger partial charge on any atom is 0.307 e. The molecule has 0 fully saturated rings. The second kappa shape index (κ2) is 9.23. The van der Waals surface area contributed by atoms with E-state index in [-0.39, 0.29) is 17.2 Å². The van der Waals surface area contributed by atoms with Crippen molar-refractivity contribution in [3.8, 4) is 17.2 Å². The highest BCUT2D eigenvalue weighted by Gasteiger charge is 2.10. The van der Waals surface area contributed by atoms with E-state index in [4.69, 9.17) is 9.47 Å². The Morgan fingerprint density at radius 1 is 1.11 bits per heavy atom. The Bertz CT molecular complexity index is 992. The minimum atomic E-state index is -0.180. The van der Waals surface area contributed by atoms with E-state index in [0.29, 0.717) is 30.3 Å². The van der Waals surface area contributed by atoms with Crippen molar-refractivity contribution < 1.29 is 14.3 Å². The average Bonchev–Trinajstić information content (AvgIpc) is 3.01. The molecule has 0 aliphatic carbocycles. The van der Waals surface area contributed by atoms with Crippen molar-refractivity contribution in [2.45, 2.75) is 26.8 Å². The molecule has 0 saturated heterocycles. The van der Waals surface area contributed by atoms with Gasteiger partial charge in [-0.1, -0.05) is 23.5 Å². The topological polar surface area (TPSA) is 69.6 Å². The summed E-state index contributed by atoms with van der Waals surface area (Å²) in [7, 11) is 0. The highest BCUT2D eigenvalue weighted by atomic mass is 32.1. The summed E-state index contributed by atoms with van der Waals surface area (Å²) in [5.41, 5.74) is 1.44. The Morgan fingerprint density at radius 3 is 2.50 bits per heavy atom. The van der Waals surface area contributed by atoms with E-state index in [0.717, 1.165) is 22.8 Å². The number of rotatable bonds is 8. The molecule has 0 atom stereocenters. The first kappa shape index (κ1) is 19.7. The van der Waals surface area contributed by atoms with Crippen LogP contribution >= 0.6 is 11.3 Å². The van der Waals surface area contributed by atoms with Crippen LogP contribution in [0.25, 0.3) is 0 Å². The minimum Gasteiger partial charge on any atom is -0.494 e. The molecule has 0 aliphatic rings. The minimum absolute atomic E-state index is 0.0514. The van der Waals surface area contributed by atoms with Gasteiger partial charge in [0.05, 0.1) is 12.3 Å². The van der Waals surface area contributed by atoms with Crippen molar-refractivity contribution >= 4 is 22.9 Å². The van der Waals surface area contributed by atoms with Crippen LogP contribution in [0.5, 0.6) is 17.2 Å². The van der Waals surface area contributed by atoms with Gasteiger partial charge in [-0.05, 0) is 50.2 Å². The summed E-state index contributed by atoms with van der Waals surface area (Å²) in [6.45, 7) is 4.74. The van der Waals surface area contributed by atoms with Gasteiger partial charge in [0.2, 0.25) is 5.91 Å². The third-order valence-electron chi connectivity index (χ3n) is 4.06. The van der Waals surface area contributed by atoms with E-state index in [1.165, 1.54) is 0 Å². The van der Waals surface area contributed by atoms with E-state index >= 15 is 0 Å². The summed E-state index contributed by atoms with van der Waals surface area (Å²) >= 11 is 1.14. The Hall–Kier alpha value is -3.06. The number of carbonyl (C=O) groups is 1. The van der Waals surface area contributed by atoms with Gasteiger partial charge in [0.15, 0.2) is 5.75 Å². The average molecular weight is 398 g/mol. The lowest BCUT2D eigenvalue weighted by molar-refractivity contribution is -0.116. The second-order valence-electron chi connectivity index (χ2n) is 6.10. The number of para-hydroxylation sites is 2. The van der Waals surface area contributed by atoms with Crippen molar-refractivity contribution in [3.05, 3.63) is 69.3 Å². The third-order valence-corrected chi connectivity index (χ3v) is 4.94. The lowest BCUT2D eigenvalue weighted by Gasteiger charge is -2.13. The van der Waals surface area contributed by atoms with Gasteiger partial charge in [-0.25, -0.2) is 0 Å². The molecule has 0 unspecified atom stereocenters. The van der Waals surface area contributed by atoms with Gasteiger partial charge in [0, 0.05) is 24.0 Å². The number of carbonyl (C=O) groups excluding carboxylic acids is 1. The zero-order valence-corrected chi connectivity index (χ0v) is 16.6. The predicted octanol–water partition coefficient (Wildman–Crippen LogP) is 4.44. The molecular formula is C21H22N2O4S. The van der Waals surface area contributed by atoms with Gasteiger partial charge in [-0.2, -0.15) is 0 Å². The molecule has 0 radical (unpaired) electrons. The van der Waals surface area contributed by atoms with E-state index in [2.05, 4.69) is 5.32 Å². The van der Waals surface area contributed by atoms with Crippen LogP contribution in [0.15, 0.2) is 58.7 Å². The number of nitrogens with one attached hydrogen (secondary N) is 1. The fourth-order valence-corrected chi connectivity index (χ4v) is 3.42. The summed E-state index contributed by atoms with van der Waals surface area (Å²) in [5.74, 6) is 1.78. The molecule has 2 aromatic carbocycles. The van der Waals surface area contributed by atoms with Crippen LogP contribution in [0.1, 0.15) is 19.0 Å². The van der Waals surface area contributed by atoms with Crippen molar-refractivity contribution in [1.29, 1.82) is 0 Å². The standard InChI is InChI=1S/C21H22N2O4S/c1-3-26-16-8-10-17(11-9-16)27-19-7-5-4-6-18(19)22-20(24)12-13-23-15(2)14-28-21(23)25/h4-11,14H,3,12-13H2,1-2H3,(H,22,24). The van der Waals surface area contributed by atoms with Gasteiger partial charge < -0.3 is 19.4 Å². The molecule has 1 amide bonds. The molecule has 7 heteroatoms. The number of aryl methyl sites for hydroxylation is 1. The van der Waals surface area contributed by atoms with Crippen LogP contribution in [0.3, 0.4) is 0 Å². The van der Waals surface area contributed by atoms with Crippen molar-refractivity contribution in [2.24, 2.45) is 0 Å². The molecule has 1 aromatic heterocycles. The Labute approximate surface area is 167 Å². The van der Waals surface area contributed by atoms with E-state index < -0.39 is 0 Å². The second-order valence-corrected chi connectivity index (χ2v) is 6.92. The molecule has 1 heterocycles. The first-order chi connectivity index (χ1) is 13.6. The molecule has 3 rings (SSSR count). The van der Waals surface area contributed by atoms with Crippen molar-refractivity contribution in [2.75, 3.05) is 11.9 Å². The Kier molecular flexibility index (Phi) is 6.49. The number of thiazole rings is 1. The largest absolute Gasteiger partial charge is 0.494 e. The molecule has 0 saturated carbocycles. The van der Waals surface area contributed by atoms with Crippen LogP contribution in [0.4, 0.5) is 5.69 Å². The highest BCUT2D eigenvalue weighted by molar-refractivity contribution is 7.07. The van der Waals surface area contributed by atoms with E-state index in [1.807, 2.05) is 50.2 Å². The summed E-state index contributed by atoms with van der Waals surface area (Å²) < 4.78 is 12.9. The van der Waals surface area contributed by atoms with Crippen LogP contribution in [-0.2, 0) is 11.3 Å². The zero-order chi connectivity index (χ0) is 19.9. The maximum absolute atomic E-state index is 12.4. The van der Waals surface area contributed by atoms with Gasteiger partial charge in [-0.3, -0.25) is 9.59 Å². The van der Waals surface area contributed by atoms with Gasteiger partial charge in [0.1, 0.15) is 11.5 Å². The van der Waals surface area contributed by atoms with Crippen LogP contribution in [-0.4, -0.2) is 17.1 Å². The van der Waals surface area contributed by atoms with E-state index in [9.17, 15) is 9.59 Å². The number of anilines is 1. The molecule has 1 N–H and O–H groups in total. The Balaban J connectivity index is 1.64. The number of amides is 1. The SMILES string of the molecule is CCOc1ccc(Oc2ccccc2NC(=O)CCn2c(C)csc2=O)cc1. The molecule has 0 bridgehead atoms. The molecule has 0 aliphatic heterocycles. The maximum atomic E-state index is 12.4. The fourth-order valence-electron chi connectivity index (χ4n) is 2.66. The number of ether oxygens (including phenoxy) is 2. The number of benzene rings is 2. The lowest BCUT2D eigenvalue weighted by atomic mass is 10.2. The van der Waals surface area contributed by atoms with Crippen molar-refractivity contribution in [1.82, 2.24) is 4.57 Å². The molecule has 28 heavy (non-hydrogen) atoms. The third kappa shape index (κ3) is 5.01. The summed E-state index contributed by atoms with van der Waals surface area (Å²) in [4.78, 5) is 24.1. The molecular weight excluding hydrogens is 376 g/mol. The summed E-state index contributed by atoms with van der Waals surface area (Å²) in [5, 5.41) is 4.66. The summed E-state index contributed by atoms with van der Waals surface area (Å²) in [6, 6.07) is 14.5. The number of nitrogens with zero attached hydrogens (tertiary/aromatic N) is 1. The Morgan fingerprint density at radius 2 is 1.82 bits per heavy atom. The van der Waals surface area contributed by atoms with Crippen LogP contribution in [0.2, 0.25) is 0 Å². The molecule has 146 valence electrons. The summed E-state index contributed by atoms with van der Waals surface area (Å²) in [6.07, 6.45) is 0.203. The highest BCUT2D eigenvalue weighted by Crippen LogP contribution is 2.30. The first-order valence-corrected chi connectivity index (χ1v) is 9.89. The number of hydrogen-bond donors (Lipinski definition) is 1. The number of aromatic nitrogens is 1. The quantitative estimate of drug-likeness (QED) is 0.609. The lowest BCUT2D eigenvalue weighted by Crippen LogP contribution is -2.20. The van der Waals surface area contributed by atoms with E-state index in [1.54, 1.807) is 22.1 Å². The van der Waals surface area contributed by atoms with Crippen molar-refractivity contribution in [3.63, 3.8) is 0 Å². The van der Waals surface area contributed by atoms with Gasteiger partial charge in [-0.15, -0.1) is 0 Å². The van der Waals surface area contributed by atoms with Gasteiger partial charge in [0.25, 0.3) is 0 Å². The van der Waals surface area contributed by atoms with Crippen LogP contribution < -0.4 is 19.7 Å². The first-order valence-electron chi connectivity index (χ1n) is 9.01.